The van der Waals surface area contributed by atoms with E-state index >= 15 is 0 Å². The Balaban J connectivity index is 3.09. The summed E-state index contributed by atoms with van der Waals surface area (Å²) in [4.78, 5) is 0. The van der Waals surface area contributed by atoms with Crippen LogP contribution in [0.5, 0.6) is 0 Å². The number of aliphatic hydroxyl groups excluding tert-OH is 1. The Morgan fingerprint density at radius 1 is 0.882 bits per heavy atom. The van der Waals surface area contributed by atoms with Crippen molar-refractivity contribution in [2.75, 3.05) is 5.75 Å². The molecule has 0 aromatic rings. The minimum absolute atomic E-state index is 0.110. The van der Waals surface area contributed by atoms with Crippen molar-refractivity contribution < 1.29 is 18.1 Å². The zero-order chi connectivity index (χ0) is 13.1. The van der Waals surface area contributed by atoms with Crippen LogP contribution in [0.1, 0.15) is 64.7 Å². The second-order valence-corrected chi connectivity index (χ2v) is 6.32. The fourth-order valence-electron chi connectivity index (χ4n) is 1.78. The molecule has 1 atom stereocenters. The van der Waals surface area contributed by atoms with Crippen LogP contribution in [0.15, 0.2) is 0 Å². The number of hydrogen-bond donors (Lipinski definition) is 2. The highest BCUT2D eigenvalue weighted by Crippen LogP contribution is 2.10. The molecule has 0 heterocycles. The Morgan fingerprint density at radius 2 is 1.29 bits per heavy atom. The molecular formula is C12H26O4S. The summed E-state index contributed by atoms with van der Waals surface area (Å²) in [6, 6.07) is 0. The van der Waals surface area contributed by atoms with Gasteiger partial charge in [-0.2, -0.15) is 8.42 Å². The Bertz CT molecular complexity index is 260. The summed E-state index contributed by atoms with van der Waals surface area (Å²) in [5.41, 5.74) is 0. The van der Waals surface area contributed by atoms with Crippen LogP contribution in [-0.4, -0.2) is 29.9 Å². The molecule has 0 rings (SSSR count). The summed E-state index contributed by atoms with van der Waals surface area (Å²) < 4.78 is 29.4. The van der Waals surface area contributed by atoms with Crippen LogP contribution in [0, 0.1) is 0 Å². The standard InChI is InChI=1S/C12H26O4S/c1-12(13)10-8-6-4-2-3-5-7-9-11-17(14,15)16/h12-13H,2-11H2,1H3,(H,14,15,16). The molecule has 0 amide bonds. The molecule has 0 aromatic heterocycles. The van der Waals surface area contributed by atoms with E-state index in [9.17, 15) is 8.42 Å². The van der Waals surface area contributed by atoms with Crippen LogP contribution in [0.25, 0.3) is 0 Å². The van der Waals surface area contributed by atoms with Crippen LogP contribution in [-0.2, 0) is 10.1 Å². The van der Waals surface area contributed by atoms with Gasteiger partial charge in [-0.1, -0.05) is 44.9 Å². The maximum Gasteiger partial charge on any atom is 0.264 e. The third-order valence-corrected chi connectivity index (χ3v) is 3.58. The average Bonchev–Trinajstić information content (AvgIpc) is 2.18. The minimum atomic E-state index is -3.76. The summed E-state index contributed by atoms with van der Waals surface area (Å²) in [5, 5.41) is 9.05. The van der Waals surface area contributed by atoms with E-state index in [2.05, 4.69) is 0 Å². The molecule has 4 nitrogen and oxygen atoms in total. The summed E-state index contributed by atoms with van der Waals surface area (Å²) in [7, 11) is -3.76. The smallest absolute Gasteiger partial charge is 0.264 e. The summed E-state index contributed by atoms with van der Waals surface area (Å²) in [6.45, 7) is 1.81. The number of rotatable bonds is 11. The second kappa shape index (κ2) is 9.85. The van der Waals surface area contributed by atoms with E-state index in [1.54, 1.807) is 0 Å². The van der Waals surface area contributed by atoms with Gasteiger partial charge in [-0.05, 0) is 19.8 Å². The Morgan fingerprint density at radius 3 is 1.71 bits per heavy atom. The van der Waals surface area contributed by atoms with E-state index in [0.29, 0.717) is 6.42 Å². The molecule has 0 fully saturated rings. The first-order valence-corrected chi connectivity index (χ1v) is 8.16. The van der Waals surface area contributed by atoms with Gasteiger partial charge in [0.05, 0.1) is 11.9 Å². The van der Waals surface area contributed by atoms with Gasteiger partial charge < -0.3 is 5.11 Å². The molecule has 0 aliphatic heterocycles. The highest BCUT2D eigenvalue weighted by Gasteiger charge is 2.02. The quantitative estimate of drug-likeness (QED) is 0.445. The largest absolute Gasteiger partial charge is 0.393 e. The maximum atomic E-state index is 10.4. The molecule has 104 valence electrons. The van der Waals surface area contributed by atoms with E-state index in [-0.39, 0.29) is 11.9 Å². The van der Waals surface area contributed by atoms with Crippen molar-refractivity contribution >= 4 is 10.1 Å². The number of hydrogen-bond acceptors (Lipinski definition) is 3. The van der Waals surface area contributed by atoms with Gasteiger partial charge in [0.1, 0.15) is 0 Å². The molecule has 0 saturated carbocycles. The molecule has 0 bridgehead atoms. The van der Waals surface area contributed by atoms with Crippen molar-refractivity contribution in [2.45, 2.75) is 70.8 Å². The fourth-order valence-corrected chi connectivity index (χ4v) is 2.35. The highest BCUT2D eigenvalue weighted by atomic mass is 32.2. The molecule has 1 unspecified atom stereocenters. The molecule has 0 aliphatic rings. The van der Waals surface area contributed by atoms with Gasteiger partial charge in [-0.15, -0.1) is 0 Å². The van der Waals surface area contributed by atoms with Gasteiger partial charge in [0.25, 0.3) is 10.1 Å². The minimum Gasteiger partial charge on any atom is -0.393 e. The Hall–Kier alpha value is -0.130. The topological polar surface area (TPSA) is 74.6 Å². The maximum absolute atomic E-state index is 10.4. The van der Waals surface area contributed by atoms with E-state index in [1.807, 2.05) is 6.92 Å². The summed E-state index contributed by atoms with van der Waals surface area (Å²) in [6.07, 6.45) is 8.89. The van der Waals surface area contributed by atoms with E-state index in [1.165, 1.54) is 12.8 Å². The van der Waals surface area contributed by atoms with E-state index in [0.717, 1.165) is 38.5 Å². The molecule has 0 aromatic carbocycles. The van der Waals surface area contributed by atoms with Gasteiger partial charge in [-0.3, -0.25) is 4.55 Å². The van der Waals surface area contributed by atoms with Gasteiger partial charge in [0, 0.05) is 0 Å². The zero-order valence-corrected chi connectivity index (χ0v) is 11.6. The van der Waals surface area contributed by atoms with Crippen molar-refractivity contribution in [1.82, 2.24) is 0 Å². The monoisotopic (exact) mass is 266 g/mol. The summed E-state index contributed by atoms with van der Waals surface area (Å²) in [5.74, 6) is -0.110. The van der Waals surface area contributed by atoms with Gasteiger partial charge >= 0.3 is 0 Å². The first kappa shape index (κ1) is 16.9. The molecule has 17 heavy (non-hydrogen) atoms. The van der Waals surface area contributed by atoms with Crippen molar-refractivity contribution in [2.24, 2.45) is 0 Å². The third-order valence-electron chi connectivity index (χ3n) is 2.77. The molecule has 5 heteroatoms. The van der Waals surface area contributed by atoms with Gasteiger partial charge in [-0.25, -0.2) is 0 Å². The lowest BCUT2D eigenvalue weighted by Gasteiger charge is -2.04. The van der Waals surface area contributed by atoms with Gasteiger partial charge in [0.2, 0.25) is 0 Å². The predicted molar refractivity (Wildman–Crippen MR) is 69.6 cm³/mol. The van der Waals surface area contributed by atoms with Crippen LogP contribution in [0.2, 0.25) is 0 Å². The van der Waals surface area contributed by atoms with Crippen molar-refractivity contribution in [3.05, 3.63) is 0 Å². The van der Waals surface area contributed by atoms with E-state index < -0.39 is 10.1 Å². The first-order valence-electron chi connectivity index (χ1n) is 6.55. The van der Waals surface area contributed by atoms with Crippen molar-refractivity contribution in [3.8, 4) is 0 Å². The van der Waals surface area contributed by atoms with Crippen molar-refractivity contribution in [1.29, 1.82) is 0 Å². The first-order chi connectivity index (χ1) is 7.92. The van der Waals surface area contributed by atoms with Crippen LogP contribution in [0.4, 0.5) is 0 Å². The van der Waals surface area contributed by atoms with E-state index in [4.69, 9.17) is 9.66 Å². The third kappa shape index (κ3) is 15.9. The number of unbranched alkanes of at least 4 members (excludes halogenated alkanes) is 7. The molecule has 2 N–H and O–H groups in total. The molecular weight excluding hydrogens is 240 g/mol. The Labute approximate surface area is 105 Å². The normalized spacial score (nSPS) is 13.8. The summed E-state index contributed by atoms with van der Waals surface area (Å²) >= 11 is 0. The molecule has 0 radical (unpaired) electrons. The van der Waals surface area contributed by atoms with Crippen molar-refractivity contribution in [3.63, 3.8) is 0 Å². The van der Waals surface area contributed by atoms with Crippen LogP contribution < -0.4 is 0 Å². The van der Waals surface area contributed by atoms with Gasteiger partial charge in [0.15, 0.2) is 0 Å². The molecule has 0 saturated heterocycles. The average molecular weight is 266 g/mol. The molecule has 0 aliphatic carbocycles. The van der Waals surface area contributed by atoms with Crippen LogP contribution in [0.3, 0.4) is 0 Å². The number of aliphatic hydroxyl groups is 1. The highest BCUT2D eigenvalue weighted by molar-refractivity contribution is 7.85. The lowest BCUT2D eigenvalue weighted by molar-refractivity contribution is 0.180. The lowest BCUT2D eigenvalue weighted by atomic mass is 10.1. The van der Waals surface area contributed by atoms with Crippen LogP contribution >= 0.6 is 0 Å². The lowest BCUT2D eigenvalue weighted by Crippen LogP contribution is -2.03. The molecule has 0 spiro atoms. The zero-order valence-electron chi connectivity index (χ0n) is 10.8. The fraction of sp³-hybridized carbons (Fsp3) is 1.00. The predicted octanol–water partition coefficient (Wildman–Crippen LogP) is 2.77. The SMILES string of the molecule is CC(O)CCCCCCCCCCS(=O)(=O)O. The Kier molecular flexibility index (Phi) is 9.78. The second-order valence-electron chi connectivity index (χ2n) is 4.75.